The molecule has 0 amide bonds. The minimum atomic E-state index is -3.69. The number of hydrogen-bond acceptors (Lipinski definition) is 7. The second-order valence-corrected chi connectivity index (χ2v) is 8.98. The first kappa shape index (κ1) is 19.6. The summed E-state index contributed by atoms with van der Waals surface area (Å²) in [5, 5.41) is 7.57. The number of rotatable bonds is 6. The summed E-state index contributed by atoms with van der Waals surface area (Å²) in [6, 6.07) is 3.62. The summed E-state index contributed by atoms with van der Waals surface area (Å²) in [6.45, 7) is 1.17. The number of thiazole rings is 1. The second kappa shape index (κ2) is 7.49. The molecule has 0 saturated carbocycles. The Bertz CT molecular complexity index is 1070. The molecule has 0 N–H and O–H groups in total. The summed E-state index contributed by atoms with van der Waals surface area (Å²) in [5.74, 6) is -0.715. The highest BCUT2D eigenvalue weighted by Crippen LogP contribution is 2.30. The van der Waals surface area contributed by atoms with Crippen LogP contribution in [0.25, 0.3) is 10.8 Å². The van der Waals surface area contributed by atoms with Crippen LogP contribution in [-0.4, -0.2) is 29.9 Å². The fourth-order valence-corrected chi connectivity index (χ4v) is 4.08. The lowest BCUT2D eigenvalue weighted by Crippen LogP contribution is -2.29. The number of aromatic nitrogens is 3. The molecule has 0 fully saturated rings. The molecule has 0 aliphatic carbocycles. The van der Waals surface area contributed by atoms with E-state index in [9.17, 15) is 17.2 Å². The van der Waals surface area contributed by atoms with Crippen LogP contribution >= 0.6 is 22.9 Å². The molecule has 144 valence electrons. The van der Waals surface area contributed by atoms with E-state index in [1.54, 1.807) is 0 Å². The molecule has 12 heteroatoms. The van der Waals surface area contributed by atoms with Crippen molar-refractivity contribution in [2.45, 2.75) is 19.6 Å². The van der Waals surface area contributed by atoms with Crippen molar-refractivity contribution < 1.29 is 21.6 Å². The van der Waals surface area contributed by atoms with E-state index >= 15 is 0 Å². The van der Waals surface area contributed by atoms with E-state index < -0.39 is 22.0 Å². The topological polar surface area (TPSA) is 89.2 Å². The molecule has 0 saturated heterocycles. The average molecular weight is 435 g/mol. The van der Waals surface area contributed by atoms with Gasteiger partial charge in [-0.2, -0.15) is 0 Å². The summed E-state index contributed by atoms with van der Waals surface area (Å²) >= 11 is 6.87. The van der Waals surface area contributed by atoms with Gasteiger partial charge in [-0.15, -0.1) is 21.5 Å². The maximum atomic E-state index is 13.4. The summed E-state index contributed by atoms with van der Waals surface area (Å²) < 4.78 is 57.2. The molecule has 0 aliphatic heterocycles. The van der Waals surface area contributed by atoms with Gasteiger partial charge in [0, 0.05) is 0 Å². The van der Waals surface area contributed by atoms with E-state index in [4.69, 9.17) is 16.0 Å². The first-order valence-corrected chi connectivity index (χ1v) is 10.5. The smallest absolute Gasteiger partial charge is 0.259 e. The monoisotopic (exact) mass is 434 g/mol. The zero-order valence-corrected chi connectivity index (χ0v) is 16.4. The third-order valence-corrected chi connectivity index (χ3v) is 5.82. The molecule has 27 heavy (non-hydrogen) atoms. The van der Waals surface area contributed by atoms with E-state index in [0.717, 1.165) is 28.0 Å². The zero-order chi connectivity index (χ0) is 19.8. The Hall–Kier alpha value is -2.11. The predicted octanol–water partition coefficient (Wildman–Crippen LogP) is 3.98. The van der Waals surface area contributed by atoms with Gasteiger partial charge in [0.15, 0.2) is 6.17 Å². The number of sulfonamides is 1. The van der Waals surface area contributed by atoms with Gasteiger partial charge >= 0.3 is 0 Å². The fourth-order valence-electron chi connectivity index (χ4n) is 2.14. The highest BCUT2D eigenvalue weighted by atomic mass is 35.5. The van der Waals surface area contributed by atoms with Crippen LogP contribution in [0.4, 0.5) is 14.5 Å². The van der Waals surface area contributed by atoms with Crippen molar-refractivity contribution in [3.63, 3.8) is 0 Å². The van der Waals surface area contributed by atoms with Gasteiger partial charge in [0.05, 0.1) is 29.7 Å². The van der Waals surface area contributed by atoms with Gasteiger partial charge in [-0.25, -0.2) is 22.2 Å². The summed E-state index contributed by atoms with van der Waals surface area (Å²) in [6.07, 6.45) is 1.05. The van der Waals surface area contributed by atoms with Crippen molar-refractivity contribution in [3.05, 3.63) is 46.1 Å². The molecule has 0 bridgehead atoms. The molecule has 7 nitrogen and oxygen atoms in total. The van der Waals surface area contributed by atoms with Crippen molar-refractivity contribution in [3.8, 4) is 10.8 Å². The average Bonchev–Trinajstić information content (AvgIpc) is 3.23. The molecule has 0 aliphatic rings. The van der Waals surface area contributed by atoms with Gasteiger partial charge in [0.25, 0.3) is 11.8 Å². The van der Waals surface area contributed by atoms with E-state index in [-0.39, 0.29) is 29.0 Å². The summed E-state index contributed by atoms with van der Waals surface area (Å²) in [7, 11) is -3.69. The lowest BCUT2D eigenvalue weighted by atomic mass is 10.3. The maximum Gasteiger partial charge on any atom is 0.259 e. The Balaban J connectivity index is 1.89. The van der Waals surface area contributed by atoms with Crippen LogP contribution in [0.1, 0.15) is 24.0 Å². The molecule has 3 aromatic rings. The van der Waals surface area contributed by atoms with Crippen LogP contribution in [0, 0.1) is 5.82 Å². The van der Waals surface area contributed by atoms with Crippen LogP contribution in [0.5, 0.6) is 0 Å². The van der Waals surface area contributed by atoms with E-state index in [2.05, 4.69) is 15.2 Å². The Labute approximate surface area is 162 Å². The molecule has 3 rings (SSSR count). The van der Waals surface area contributed by atoms with Gasteiger partial charge in [0.2, 0.25) is 10.0 Å². The van der Waals surface area contributed by atoms with Crippen molar-refractivity contribution in [2.24, 2.45) is 0 Å². The molecular weight excluding hydrogens is 422 g/mol. The Morgan fingerprint density at radius 2 is 2.11 bits per heavy atom. The number of benzene rings is 1. The Kier molecular flexibility index (Phi) is 5.45. The van der Waals surface area contributed by atoms with Crippen molar-refractivity contribution in [1.82, 2.24) is 15.2 Å². The number of halogens is 3. The molecule has 0 radical (unpaired) electrons. The third-order valence-electron chi connectivity index (χ3n) is 3.42. The molecule has 1 aromatic carbocycles. The van der Waals surface area contributed by atoms with Crippen molar-refractivity contribution in [2.75, 3.05) is 10.6 Å². The highest BCUT2D eigenvalue weighted by molar-refractivity contribution is 7.92. The molecule has 1 unspecified atom stereocenters. The summed E-state index contributed by atoms with van der Waals surface area (Å²) in [4.78, 5) is 4.62. The normalized spacial score (nSPS) is 12.9. The van der Waals surface area contributed by atoms with Crippen LogP contribution in [0.15, 0.2) is 28.8 Å². The van der Waals surface area contributed by atoms with Gasteiger partial charge in [0.1, 0.15) is 15.7 Å². The molecule has 2 aromatic heterocycles. The third kappa shape index (κ3) is 4.42. The number of nitrogens with zero attached hydrogens (tertiary/aromatic N) is 4. The standard InChI is InChI=1S/C15H13ClF2N4O3S2/c1-8(17)14-20-21-15(25-14)12-6-19-13(26-12)7-22(27(2,23)24)9-3-4-11(18)10(16)5-9/h3-6,8H,7H2,1-2H3. The van der Waals surface area contributed by atoms with Crippen LogP contribution in [0.2, 0.25) is 5.02 Å². The van der Waals surface area contributed by atoms with E-state index in [1.165, 1.54) is 25.3 Å². The van der Waals surface area contributed by atoms with Gasteiger partial charge in [-0.1, -0.05) is 11.6 Å². The minimum absolute atomic E-state index is 0.0917. The molecule has 2 heterocycles. The zero-order valence-electron chi connectivity index (χ0n) is 14.1. The SMILES string of the molecule is CC(F)c1nnc(-c2cnc(CN(c3ccc(F)c(Cl)c3)S(C)(=O)=O)s2)o1. The quantitative estimate of drug-likeness (QED) is 0.583. The summed E-state index contributed by atoms with van der Waals surface area (Å²) in [5.41, 5.74) is 0.201. The van der Waals surface area contributed by atoms with E-state index in [1.807, 2.05) is 0 Å². The number of alkyl halides is 1. The Morgan fingerprint density at radius 1 is 1.37 bits per heavy atom. The van der Waals surface area contributed by atoms with Crippen LogP contribution in [-0.2, 0) is 16.6 Å². The van der Waals surface area contributed by atoms with Gasteiger partial charge in [-0.3, -0.25) is 4.31 Å². The largest absolute Gasteiger partial charge is 0.417 e. The Morgan fingerprint density at radius 3 is 2.70 bits per heavy atom. The van der Waals surface area contributed by atoms with Gasteiger partial charge < -0.3 is 4.42 Å². The van der Waals surface area contributed by atoms with Gasteiger partial charge in [-0.05, 0) is 25.1 Å². The first-order chi connectivity index (χ1) is 12.6. The highest BCUT2D eigenvalue weighted by Gasteiger charge is 2.22. The van der Waals surface area contributed by atoms with Crippen LogP contribution < -0.4 is 4.31 Å². The predicted molar refractivity (Wildman–Crippen MR) is 97.4 cm³/mol. The number of hydrogen-bond donors (Lipinski definition) is 0. The molecule has 1 atom stereocenters. The lowest BCUT2D eigenvalue weighted by molar-refractivity contribution is 0.301. The van der Waals surface area contributed by atoms with E-state index in [0.29, 0.717) is 9.88 Å². The fraction of sp³-hybridized carbons (Fsp3) is 0.267. The lowest BCUT2D eigenvalue weighted by Gasteiger charge is -2.21. The second-order valence-electron chi connectivity index (χ2n) is 5.55. The van der Waals surface area contributed by atoms with Crippen molar-refractivity contribution in [1.29, 1.82) is 0 Å². The first-order valence-electron chi connectivity index (χ1n) is 7.50. The maximum absolute atomic E-state index is 13.4. The number of anilines is 1. The van der Waals surface area contributed by atoms with Crippen molar-refractivity contribution >= 4 is 38.6 Å². The minimum Gasteiger partial charge on any atom is -0.417 e. The molecular formula is C15H13ClF2N4O3S2. The van der Waals surface area contributed by atoms with Crippen LogP contribution in [0.3, 0.4) is 0 Å². The molecule has 0 spiro atoms.